The fourth-order valence-corrected chi connectivity index (χ4v) is 4.00. The minimum atomic E-state index is -0.347. The van der Waals surface area contributed by atoms with Crippen LogP contribution in [0.25, 0.3) is 0 Å². The Balaban J connectivity index is 1.91. The lowest BCUT2D eigenvalue weighted by atomic mass is 9.84. The quantitative estimate of drug-likeness (QED) is 0.687. The molecule has 0 unspecified atom stereocenters. The molecule has 2 heterocycles. The van der Waals surface area contributed by atoms with E-state index in [1.807, 2.05) is 20.9 Å². The molecule has 174 valence electrons. The maximum atomic E-state index is 13.4. The number of aromatic nitrogens is 1. The third-order valence-corrected chi connectivity index (χ3v) is 6.41. The van der Waals surface area contributed by atoms with Gasteiger partial charge in [0.1, 0.15) is 11.7 Å². The molecule has 1 saturated carbocycles. The number of ether oxygens (including phenoxy) is 1. The van der Waals surface area contributed by atoms with Crippen molar-refractivity contribution in [2.24, 2.45) is 11.8 Å². The summed E-state index contributed by atoms with van der Waals surface area (Å²) in [4.78, 5) is 33.9. The Morgan fingerprint density at radius 3 is 2.81 bits per heavy atom. The van der Waals surface area contributed by atoms with Crippen LogP contribution in [0.1, 0.15) is 68.8 Å². The van der Waals surface area contributed by atoms with Crippen molar-refractivity contribution in [2.45, 2.75) is 65.0 Å². The highest BCUT2D eigenvalue weighted by Gasteiger charge is 2.36. The van der Waals surface area contributed by atoms with Crippen molar-refractivity contribution in [3.8, 4) is 17.7 Å². The number of hydrogen-bond acceptors (Lipinski definition) is 5. The molecule has 0 radical (unpaired) electrons. The van der Waals surface area contributed by atoms with Crippen LogP contribution in [0.5, 0.6) is 5.88 Å². The highest BCUT2D eigenvalue weighted by atomic mass is 16.5. The van der Waals surface area contributed by atoms with E-state index in [-0.39, 0.29) is 48.3 Å². The minimum absolute atomic E-state index is 0.0523. The fourth-order valence-electron chi connectivity index (χ4n) is 4.00. The predicted octanol–water partition coefficient (Wildman–Crippen LogP) is 2.71. The number of nitrogens with zero attached hydrogens (tertiary/aromatic N) is 3. The number of rotatable bonds is 6. The van der Waals surface area contributed by atoms with E-state index in [4.69, 9.17) is 4.74 Å². The van der Waals surface area contributed by atoms with Crippen LogP contribution in [0, 0.1) is 23.7 Å². The number of carbonyl (C=O) groups excluding carboxylic acids is 2. The van der Waals surface area contributed by atoms with Crippen molar-refractivity contribution in [2.75, 3.05) is 26.7 Å². The van der Waals surface area contributed by atoms with Crippen LogP contribution in [0.15, 0.2) is 12.3 Å². The standard InChI is InChI=1S/C25H35N3O4/c1-5-6-7-9-19-12-21-23(26-13-19)32-22(15-27(4)24(30)20-10-8-11-20)17(2)14-28(25(21)31)18(3)16-29/h12-13,17-18,20,22,29H,5-6,8,10-11,14-16H2,1-4H3/t17-,18+,22-/m1/s1. The van der Waals surface area contributed by atoms with Gasteiger partial charge in [0, 0.05) is 43.6 Å². The van der Waals surface area contributed by atoms with Gasteiger partial charge in [0.2, 0.25) is 11.8 Å². The summed E-state index contributed by atoms with van der Waals surface area (Å²) in [6.45, 7) is 6.60. The first-order valence-electron chi connectivity index (χ1n) is 11.7. The van der Waals surface area contributed by atoms with Gasteiger partial charge in [0.25, 0.3) is 5.91 Å². The zero-order chi connectivity index (χ0) is 23.3. The van der Waals surface area contributed by atoms with Gasteiger partial charge >= 0.3 is 0 Å². The van der Waals surface area contributed by atoms with Crippen molar-refractivity contribution in [3.63, 3.8) is 0 Å². The summed E-state index contributed by atoms with van der Waals surface area (Å²) in [6, 6.07) is 1.38. The molecule has 32 heavy (non-hydrogen) atoms. The van der Waals surface area contributed by atoms with Crippen LogP contribution in [-0.2, 0) is 4.79 Å². The second-order valence-corrected chi connectivity index (χ2v) is 9.10. The Labute approximate surface area is 191 Å². The van der Waals surface area contributed by atoms with E-state index in [1.165, 1.54) is 0 Å². The number of hydrogen-bond donors (Lipinski definition) is 1. The molecule has 1 aromatic heterocycles. The average Bonchev–Trinajstić information content (AvgIpc) is 2.74. The van der Waals surface area contributed by atoms with Gasteiger partial charge in [-0.1, -0.05) is 32.1 Å². The molecule has 1 fully saturated rings. The molecular weight excluding hydrogens is 406 g/mol. The molecule has 2 aliphatic rings. The molecule has 0 aromatic carbocycles. The highest BCUT2D eigenvalue weighted by molar-refractivity contribution is 5.97. The van der Waals surface area contributed by atoms with Crippen LogP contribution in [0.2, 0.25) is 0 Å². The molecule has 1 N–H and O–H groups in total. The third-order valence-electron chi connectivity index (χ3n) is 6.41. The number of fused-ring (bicyclic) bond motifs is 1. The van der Waals surface area contributed by atoms with Gasteiger partial charge in [-0.05, 0) is 32.3 Å². The SMILES string of the molecule is CCCC#Cc1cnc2c(c1)C(=O)N([C@@H](C)CO)C[C@@H](C)[C@@H](CN(C)C(=O)C1CCC1)O2. The molecule has 1 aromatic rings. The molecule has 0 spiro atoms. The summed E-state index contributed by atoms with van der Waals surface area (Å²) < 4.78 is 6.25. The van der Waals surface area contributed by atoms with E-state index in [1.54, 1.807) is 22.1 Å². The number of aliphatic hydroxyl groups excluding tert-OH is 1. The normalized spacial score (nSPS) is 21.8. The second-order valence-electron chi connectivity index (χ2n) is 9.10. The highest BCUT2D eigenvalue weighted by Crippen LogP contribution is 2.30. The molecule has 1 aliphatic heterocycles. The predicted molar refractivity (Wildman–Crippen MR) is 122 cm³/mol. The number of amides is 2. The molecule has 7 heteroatoms. The first-order valence-corrected chi connectivity index (χ1v) is 11.7. The maximum absolute atomic E-state index is 13.4. The lowest BCUT2D eigenvalue weighted by Crippen LogP contribution is -2.51. The van der Waals surface area contributed by atoms with Gasteiger partial charge in [0.15, 0.2) is 0 Å². The average molecular weight is 442 g/mol. The lowest BCUT2D eigenvalue weighted by molar-refractivity contribution is -0.138. The van der Waals surface area contributed by atoms with E-state index < -0.39 is 0 Å². The molecule has 2 amide bonds. The van der Waals surface area contributed by atoms with Crippen molar-refractivity contribution in [1.29, 1.82) is 0 Å². The Hall–Kier alpha value is -2.59. The lowest BCUT2D eigenvalue weighted by Gasteiger charge is -2.38. The van der Waals surface area contributed by atoms with Gasteiger partial charge in [0.05, 0.1) is 19.2 Å². The summed E-state index contributed by atoms with van der Waals surface area (Å²) >= 11 is 0. The van der Waals surface area contributed by atoms with Gasteiger partial charge in [-0.3, -0.25) is 9.59 Å². The summed E-state index contributed by atoms with van der Waals surface area (Å²) in [5, 5.41) is 9.76. The van der Waals surface area contributed by atoms with Crippen molar-refractivity contribution in [3.05, 3.63) is 23.4 Å². The van der Waals surface area contributed by atoms with Crippen LogP contribution in [0.4, 0.5) is 0 Å². The van der Waals surface area contributed by atoms with E-state index in [2.05, 4.69) is 23.7 Å². The molecule has 0 bridgehead atoms. The third kappa shape index (κ3) is 5.42. The Morgan fingerprint density at radius 2 is 2.19 bits per heavy atom. The maximum Gasteiger partial charge on any atom is 0.259 e. The Morgan fingerprint density at radius 1 is 1.44 bits per heavy atom. The largest absolute Gasteiger partial charge is 0.472 e. The second kappa shape index (κ2) is 10.8. The first-order chi connectivity index (χ1) is 15.3. The molecule has 0 saturated heterocycles. The van der Waals surface area contributed by atoms with Crippen molar-refractivity contribution < 1.29 is 19.4 Å². The van der Waals surface area contributed by atoms with Crippen molar-refractivity contribution >= 4 is 11.8 Å². The molecule has 3 atom stereocenters. The van der Waals surface area contributed by atoms with E-state index in [9.17, 15) is 14.7 Å². The van der Waals surface area contributed by atoms with Crippen LogP contribution in [-0.4, -0.2) is 70.6 Å². The fraction of sp³-hybridized carbons (Fsp3) is 0.640. The minimum Gasteiger partial charge on any atom is -0.472 e. The van der Waals surface area contributed by atoms with Crippen LogP contribution >= 0.6 is 0 Å². The van der Waals surface area contributed by atoms with Gasteiger partial charge in [-0.15, -0.1) is 0 Å². The van der Waals surface area contributed by atoms with Gasteiger partial charge in [-0.2, -0.15) is 0 Å². The molecule has 3 rings (SSSR count). The number of likely N-dealkylation sites (N-methyl/N-ethyl adjacent to an activating group) is 1. The Bertz CT molecular complexity index is 887. The molecule has 1 aliphatic carbocycles. The number of pyridine rings is 1. The first kappa shape index (κ1) is 24.1. The number of aliphatic hydroxyl groups is 1. The number of unbranched alkanes of at least 4 members (excludes halogenated alkanes) is 1. The topological polar surface area (TPSA) is 83.0 Å². The monoisotopic (exact) mass is 441 g/mol. The Kier molecular flexibility index (Phi) is 8.14. The summed E-state index contributed by atoms with van der Waals surface area (Å²) in [7, 11) is 1.82. The zero-order valence-electron chi connectivity index (χ0n) is 19.6. The molecular formula is C25H35N3O4. The summed E-state index contributed by atoms with van der Waals surface area (Å²) in [5.74, 6) is 6.39. The summed E-state index contributed by atoms with van der Waals surface area (Å²) in [6.07, 6.45) is 6.05. The van der Waals surface area contributed by atoms with Crippen LogP contribution in [0.3, 0.4) is 0 Å². The molecule has 7 nitrogen and oxygen atoms in total. The summed E-state index contributed by atoms with van der Waals surface area (Å²) in [5.41, 5.74) is 1.01. The number of carbonyl (C=O) groups is 2. The van der Waals surface area contributed by atoms with Crippen LogP contribution < -0.4 is 4.74 Å². The van der Waals surface area contributed by atoms with Crippen molar-refractivity contribution in [1.82, 2.24) is 14.8 Å². The smallest absolute Gasteiger partial charge is 0.259 e. The zero-order valence-corrected chi connectivity index (χ0v) is 19.6. The van der Waals surface area contributed by atoms with E-state index >= 15 is 0 Å². The van der Waals surface area contributed by atoms with E-state index in [0.717, 1.165) is 32.1 Å². The van der Waals surface area contributed by atoms with E-state index in [0.29, 0.717) is 24.2 Å². The van der Waals surface area contributed by atoms with Gasteiger partial charge in [-0.25, -0.2) is 4.98 Å². The van der Waals surface area contributed by atoms with Gasteiger partial charge < -0.3 is 19.6 Å².